The van der Waals surface area contributed by atoms with Gasteiger partial charge in [0.2, 0.25) is 0 Å². The lowest BCUT2D eigenvalue weighted by atomic mass is 10.1. The average molecular weight is 346 g/mol. The van der Waals surface area contributed by atoms with E-state index in [1.807, 2.05) is 25.1 Å². The molecule has 0 spiro atoms. The van der Waals surface area contributed by atoms with Crippen LogP contribution in [0.25, 0.3) is 0 Å². The highest BCUT2D eigenvalue weighted by Gasteiger charge is 2.10. The van der Waals surface area contributed by atoms with Crippen molar-refractivity contribution in [2.45, 2.75) is 20.0 Å². The number of hydrogen-bond acceptors (Lipinski definition) is 4. The lowest BCUT2D eigenvalue weighted by Gasteiger charge is -2.15. The van der Waals surface area contributed by atoms with Crippen molar-refractivity contribution in [3.05, 3.63) is 57.3 Å². The summed E-state index contributed by atoms with van der Waals surface area (Å²) in [6.45, 7) is 2.87. The fourth-order valence-corrected chi connectivity index (χ4v) is 2.77. The van der Waals surface area contributed by atoms with Crippen molar-refractivity contribution in [3.8, 4) is 11.8 Å². The lowest BCUT2D eigenvalue weighted by Crippen LogP contribution is -2.07. The third-order valence-electron chi connectivity index (χ3n) is 3.10. The van der Waals surface area contributed by atoms with Gasteiger partial charge in [0.05, 0.1) is 0 Å². The van der Waals surface area contributed by atoms with Crippen LogP contribution in [0, 0.1) is 18.3 Å². The molecule has 2 rings (SSSR count). The maximum Gasteiger partial charge on any atom is 0.147 e. The van der Waals surface area contributed by atoms with Crippen molar-refractivity contribution >= 4 is 15.9 Å². The number of nitrogens with two attached hydrogens (primary N) is 1. The predicted molar refractivity (Wildman–Crippen MR) is 84.9 cm³/mol. The second kappa shape index (κ2) is 7.21. The van der Waals surface area contributed by atoms with Crippen molar-refractivity contribution in [2.75, 3.05) is 6.54 Å². The van der Waals surface area contributed by atoms with Gasteiger partial charge in [0.25, 0.3) is 0 Å². The minimum absolute atomic E-state index is 0.316. The number of benzene rings is 1. The molecule has 4 nitrogen and oxygen atoms in total. The molecule has 0 radical (unpaired) electrons. The number of nitrogens with zero attached hydrogens (tertiary/aromatic N) is 2. The van der Waals surface area contributed by atoms with E-state index in [1.54, 1.807) is 12.3 Å². The van der Waals surface area contributed by atoms with Gasteiger partial charge in [-0.2, -0.15) is 5.26 Å². The van der Waals surface area contributed by atoms with Crippen LogP contribution in [0.4, 0.5) is 0 Å². The van der Waals surface area contributed by atoms with Gasteiger partial charge in [-0.1, -0.05) is 22.0 Å². The number of hydrogen-bond donors (Lipinski definition) is 1. The molecule has 1 heterocycles. The van der Waals surface area contributed by atoms with Crippen LogP contribution in [0.3, 0.4) is 0 Å². The summed E-state index contributed by atoms with van der Waals surface area (Å²) in [4.78, 5) is 4.04. The summed E-state index contributed by atoms with van der Waals surface area (Å²) in [6, 6.07) is 9.75. The second-order valence-corrected chi connectivity index (χ2v) is 5.58. The third-order valence-corrected chi connectivity index (χ3v) is 3.56. The minimum Gasteiger partial charge on any atom is -0.488 e. The monoisotopic (exact) mass is 345 g/mol. The Kier molecular flexibility index (Phi) is 5.32. The van der Waals surface area contributed by atoms with Crippen LogP contribution in [-0.2, 0) is 13.0 Å². The Morgan fingerprint density at radius 1 is 1.38 bits per heavy atom. The van der Waals surface area contributed by atoms with Gasteiger partial charge in [-0.05, 0) is 49.2 Å². The maximum absolute atomic E-state index is 9.05. The van der Waals surface area contributed by atoms with E-state index in [-0.39, 0.29) is 0 Å². The zero-order valence-corrected chi connectivity index (χ0v) is 13.4. The van der Waals surface area contributed by atoms with Gasteiger partial charge in [-0.15, -0.1) is 0 Å². The summed E-state index contributed by atoms with van der Waals surface area (Å²) in [5.41, 5.74) is 8.93. The summed E-state index contributed by atoms with van der Waals surface area (Å²) >= 11 is 3.49. The Labute approximate surface area is 132 Å². The van der Waals surface area contributed by atoms with Gasteiger partial charge < -0.3 is 10.5 Å². The molecule has 0 aliphatic rings. The van der Waals surface area contributed by atoms with E-state index < -0.39 is 0 Å². The molecule has 0 saturated heterocycles. The molecule has 0 aliphatic heterocycles. The molecule has 0 bridgehead atoms. The summed E-state index contributed by atoms with van der Waals surface area (Å²) in [5, 5.41) is 9.05. The van der Waals surface area contributed by atoms with Crippen LogP contribution in [0.5, 0.6) is 5.75 Å². The predicted octanol–water partition coefficient (Wildman–Crippen LogP) is 3.10. The van der Waals surface area contributed by atoms with Crippen LogP contribution in [-0.4, -0.2) is 11.5 Å². The molecular formula is C16H16BrN3O. The summed E-state index contributed by atoms with van der Waals surface area (Å²) < 4.78 is 6.95. The fraction of sp³-hybridized carbons (Fsp3) is 0.250. The minimum atomic E-state index is 0.316. The van der Waals surface area contributed by atoms with Crippen LogP contribution < -0.4 is 10.5 Å². The van der Waals surface area contributed by atoms with E-state index in [0.717, 1.165) is 33.3 Å². The first kappa shape index (κ1) is 15.5. The molecule has 0 aliphatic carbocycles. The van der Waals surface area contributed by atoms with Crippen molar-refractivity contribution in [3.63, 3.8) is 0 Å². The Balaban J connectivity index is 2.26. The zero-order chi connectivity index (χ0) is 15.2. The first-order chi connectivity index (χ1) is 10.2. The number of ether oxygens (including phenoxy) is 1. The molecule has 1 aromatic heterocycles. The van der Waals surface area contributed by atoms with Crippen molar-refractivity contribution < 1.29 is 4.74 Å². The van der Waals surface area contributed by atoms with E-state index in [9.17, 15) is 0 Å². The summed E-state index contributed by atoms with van der Waals surface area (Å²) in [5.74, 6) is 0.830. The second-order valence-electron chi connectivity index (χ2n) is 4.66. The first-order valence-electron chi connectivity index (χ1n) is 6.61. The third kappa shape index (κ3) is 3.81. The van der Waals surface area contributed by atoms with E-state index in [0.29, 0.717) is 18.8 Å². The van der Waals surface area contributed by atoms with Gasteiger partial charge in [0.1, 0.15) is 24.1 Å². The van der Waals surface area contributed by atoms with E-state index in [4.69, 9.17) is 15.7 Å². The number of rotatable bonds is 5. The quantitative estimate of drug-likeness (QED) is 0.903. The van der Waals surface area contributed by atoms with E-state index >= 15 is 0 Å². The number of halogens is 1. The standard InChI is InChI=1S/C16H16BrN3O/c1-11-7-14(17)8-12(4-5-18)16(11)21-10-13-3-2-6-20-15(13)9-19/h2-3,6-8H,4-5,10,18H2,1H3. The maximum atomic E-state index is 9.05. The number of aryl methyl sites for hydroxylation is 1. The molecule has 0 fully saturated rings. The van der Waals surface area contributed by atoms with Crippen LogP contribution in [0.15, 0.2) is 34.9 Å². The summed E-state index contributed by atoms with van der Waals surface area (Å²) in [7, 11) is 0. The highest BCUT2D eigenvalue weighted by atomic mass is 79.9. The van der Waals surface area contributed by atoms with Gasteiger partial charge in [0.15, 0.2) is 0 Å². The SMILES string of the molecule is Cc1cc(Br)cc(CCN)c1OCc1cccnc1C#N. The molecule has 21 heavy (non-hydrogen) atoms. The number of aromatic nitrogens is 1. The molecule has 0 atom stereocenters. The Hall–Kier alpha value is -1.90. The van der Waals surface area contributed by atoms with E-state index in [2.05, 4.69) is 27.0 Å². The van der Waals surface area contributed by atoms with Gasteiger partial charge >= 0.3 is 0 Å². The number of nitriles is 1. The molecule has 0 unspecified atom stereocenters. The Bertz CT molecular complexity index is 680. The average Bonchev–Trinajstić information content (AvgIpc) is 2.47. The molecule has 2 N–H and O–H groups in total. The van der Waals surface area contributed by atoms with Gasteiger partial charge in [-0.3, -0.25) is 0 Å². The molecule has 0 saturated carbocycles. The van der Waals surface area contributed by atoms with Crippen molar-refractivity contribution in [1.82, 2.24) is 4.98 Å². The smallest absolute Gasteiger partial charge is 0.147 e. The fourth-order valence-electron chi connectivity index (χ4n) is 2.15. The first-order valence-corrected chi connectivity index (χ1v) is 7.41. The largest absolute Gasteiger partial charge is 0.488 e. The topological polar surface area (TPSA) is 71.9 Å². The van der Waals surface area contributed by atoms with Crippen LogP contribution >= 0.6 is 15.9 Å². The van der Waals surface area contributed by atoms with Crippen LogP contribution in [0.1, 0.15) is 22.4 Å². The normalized spacial score (nSPS) is 10.2. The molecule has 2 aromatic rings. The van der Waals surface area contributed by atoms with Crippen LogP contribution in [0.2, 0.25) is 0 Å². The Morgan fingerprint density at radius 2 is 2.19 bits per heavy atom. The van der Waals surface area contributed by atoms with Crippen molar-refractivity contribution in [2.24, 2.45) is 5.73 Å². The molecular weight excluding hydrogens is 330 g/mol. The zero-order valence-electron chi connectivity index (χ0n) is 11.8. The van der Waals surface area contributed by atoms with Gasteiger partial charge in [-0.25, -0.2) is 4.98 Å². The molecule has 108 valence electrons. The highest BCUT2D eigenvalue weighted by Crippen LogP contribution is 2.29. The number of pyridine rings is 1. The lowest BCUT2D eigenvalue weighted by molar-refractivity contribution is 0.300. The summed E-state index contributed by atoms with van der Waals surface area (Å²) in [6.07, 6.45) is 2.35. The Morgan fingerprint density at radius 3 is 2.90 bits per heavy atom. The molecule has 1 aromatic carbocycles. The highest BCUT2D eigenvalue weighted by molar-refractivity contribution is 9.10. The van der Waals surface area contributed by atoms with Gasteiger partial charge in [0, 0.05) is 16.2 Å². The van der Waals surface area contributed by atoms with Crippen molar-refractivity contribution in [1.29, 1.82) is 5.26 Å². The molecule has 5 heteroatoms. The molecule has 0 amide bonds. The van der Waals surface area contributed by atoms with E-state index in [1.165, 1.54) is 0 Å².